The summed E-state index contributed by atoms with van der Waals surface area (Å²) in [7, 11) is -2.24. The summed E-state index contributed by atoms with van der Waals surface area (Å²) in [4.78, 5) is -0.0289. The van der Waals surface area contributed by atoms with Crippen LogP contribution in [0.4, 0.5) is 0 Å². The molecule has 0 bridgehead atoms. The minimum absolute atomic E-state index is 0. The minimum atomic E-state index is -3.69. The summed E-state index contributed by atoms with van der Waals surface area (Å²) < 4.78 is 32.3. The predicted octanol–water partition coefficient (Wildman–Crippen LogP) is 2.70. The van der Waals surface area contributed by atoms with Crippen molar-refractivity contribution in [2.45, 2.75) is 17.7 Å². The number of rotatable bonds is 5. The van der Waals surface area contributed by atoms with E-state index in [2.05, 4.69) is 10.0 Å². The van der Waals surface area contributed by atoms with Crippen molar-refractivity contribution in [3.8, 4) is 5.75 Å². The van der Waals surface area contributed by atoms with E-state index in [0.717, 1.165) is 25.9 Å². The minimum Gasteiger partial charge on any atom is -0.495 e. The lowest BCUT2D eigenvalue weighted by molar-refractivity contribution is 0.376. The first-order valence-corrected chi connectivity index (χ1v) is 8.91. The Morgan fingerprint density at radius 3 is 2.68 bits per heavy atom. The maximum Gasteiger partial charge on any atom is 0.242 e. The van der Waals surface area contributed by atoms with Crippen molar-refractivity contribution in [2.75, 3.05) is 26.7 Å². The molecule has 0 radical (unpaired) electrons. The van der Waals surface area contributed by atoms with E-state index in [4.69, 9.17) is 27.9 Å². The quantitative estimate of drug-likeness (QED) is 0.812. The Labute approximate surface area is 147 Å². The van der Waals surface area contributed by atoms with Crippen molar-refractivity contribution in [1.29, 1.82) is 0 Å². The Morgan fingerprint density at radius 2 is 2.09 bits per heavy atom. The average molecular weight is 390 g/mol. The van der Waals surface area contributed by atoms with E-state index >= 15 is 0 Å². The number of methoxy groups -OCH3 is 1. The van der Waals surface area contributed by atoms with Crippen LogP contribution in [0.5, 0.6) is 5.75 Å². The SMILES string of the molecule is COc1cc(Cl)c(S(=O)(=O)NCC2CCCNC2)cc1Cl.Cl. The van der Waals surface area contributed by atoms with Gasteiger partial charge in [-0.3, -0.25) is 0 Å². The van der Waals surface area contributed by atoms with E-state index in [1.54, 1.807) is 0 Å². The van der Waals surface area contributed by atoms with Crippen molar-refractivity contribution >= 4 is 45.6 Å². The zero-order valence-corrected chi connectivity index (χ0v) is 15.2. The molecule has 126 valence electrons. The van der Waals surface area contributed by atoms with Crippen LogP contribution in [0.1, 0.15) is 12.8 Å². The first-order chi connectivity index (χ1) is 9.94. The number of hydrogen-bond donors (Lipinski definition) is 2. The molecule has 0 aliphatic carbocycles. The van der Waals surface area contributed by atoms with E-state index in [-0.39, 0.29) is 27.3 Å². The lowest BCUT2D eigenvalue weighted by atomic mass is 10.0. The highest BCUT2D eigenvalue weighted by Gasteiger charge is 2.22. The standard InChI is InChI=1S/C13H18Cl2N2O3S.ClH/c1-20-12-5-11(15)13(6-10(12)14)21(18,19)17-8-9-3-2-4-16-7-9;/h5-6,9,16-17H,2-4,7-8H2,1H3;1H. The van der Waals surface area contributed by atoms with Crippen molar-refractivity contribution in [3.63, 3.8) is 0 Å². The van der Waals surface area contributed by atoms with Gasteiger partial charge in [0.1, 0.15) is 10.6 Å². The smallest absolute Gasteiger partial charge is 0.242 e. The molecule has 2 rings (SSSR count). The first-order valence-electron chi connectivity index (χ1n) is 6.67. The zero-order chi connectivity index (χ0) is 15.5. The van der Waals surface area contributed by atoms with E-state index < -0.39 is 10.0 Å². The molecule has 1 aromatic rings. The second-order valence-electron chi connectivity index (χ2n) is 4.98. The van der Waals surface area contributed by atoms with E-state index in [1.807, 2.05) is 0 Å². The third-order valence-corrected chi connectivity index (χ3v) is 5.64. The van der Waals surface area contributed by atoms with Crippen LogP contribution in [-0.4, -0.2) is 35.2 Å². The summed E-state index contributed by atoms with van der Waals surface area (Å²) in [5.41, 5.74) is 0. The van der Waals surface area contributed by atoms with Gasteiger partial charge in [0.25, 0.3) is 0 Å². The Morgan fingerprint density at radius 1 is 1.36 bits per heavy atom. The molecule has 2 N–H and O–H groups in total. The number of piperidine rings is 1. The van der Waals surface area contributed by atoms with Gasteiger partial charge in [-0.15, -0.1) is 12.4 Å². The highest BCUT2D eigenvalue weighted by Crippen LogP contribution is 2.33. The van der Waals surface area contributed by atoms with Gasteiger partial charge in [0.05, 0.1) is 17.2 Å². The molecule has 1 aromatic carbocycles. The topological polar surface area (TPSA) is 67.4 Å². The number of ether oxygens (including phenoxy) is 1. The third-order valence-electron chi connectivity index (χ3n) is 3.46. The zero-order valence-electron chi connectivity index (χ0n) is 12.1. The van der Waals surface area contributed by atoms with E-state index in [0.29, 0.717) is 18.2 Å². The van der Waals surface area contributed by atoms with Crippen LogP contribution in [0.3, 0.4) is 0 Å². The van der Waals surface area contributed by atoms with Gasteiger partial charge in [-0.25, -0.2) is 13.1 Å². The van der Waals surface area contributed by atoms with Gasteiger partial charge in [-0.05, 0) is 37.9 Å². The fourth-order valence-electron chi connectivity index (χ4n) is 2.28. The summed E-state index contributed by atoms with van der Waals surface area (Å²) in [6, 6.07) is 2.71. The van der Waals surface area contributed by atoms with Gasteiger partial charge < -0.3 is 10.1 Å². The second-order valence-corrected chi connectivity index (χ2v) is 7.53. The monoisotopic (exact) mass is 388 g/mol. The summed E-state index contributed by atoms with van der Waals surface area (Å²) in [6.07, 6.45) is 2.06. The number of nitrogens with one attached hydrogen (secondary N) is 2. The molecule has 0 spiro atoms. The second kappa shape index (κ2) is 8.57. The van der Waals surface area contributed by atoms with Gasteiger partial charge in [0, 0.05) is 12.6 Å². The van der Waals surface area contributed by atoms with Gasteiger partial charge in [0.2, 0.25) is 10.0 Å². The van der Waals surface area contributed by atoms with Crippen molar-refractivity contribution in [2.24, 2.45) is 5.92 Å². The van der Waals surface area contributed by atoms with Crippen molar-refractivity contribution in [1.82, 2.24) is 10.0 Å². The van der Waals surface area contributed by atoms with Crippen LogP contribution in [0.25, 0.3) is 0 Å². The fourth-order valence-corrected chi connectivity index (χ4v) is 4.24. The van der Waals surface area contributed by atoms with Gasteiger partial charge in [-0.2, -0.15) is 0 Å². The summed E-state index contributed by atoms with van der Waals surface area (Å²) in [6.45, 7) is 2.19. The fraction of sp³-hybridized carbons (Fsp3) is 0.538. The molecule has 1 fully saturated rings. The Kier molecular flexibility index (Phi) is 7.71. The van der Waals surface area contributed by atoms with Crippen molar-refractivity contribution in [3.05, 3.63) is 22.2 Å². The Bertz CT molecular complexity index is 605. The van der Waals surface area contributed by atoms with Crippen LogP contribution in [0, 0.1) is 5.92 Å². The summed E-state index contributed by atoms with van der Waals surface area (Å²) >= 11 is 12.0. The largest absolute Gasteiger partial charge is 0.495 e. The van der Waals surface area contributed by atoms with Crippen LogP contribution in [-0.2, 0) is 10.0 Å². The molecule has 1 unspecified atom stereocenters. The van der Waals surface area contributed by atoms with Gasteiger partial charge >= 0.3 is 0 Å². The normalized spacial score (nSPS) is 18.6. The van der Waals surface area contributed by atoms with Crippen LogP contribution in [0.15, 0.2) is 17.0 Å². The van der Waals surface area contributed by atoms with Gasteiger partial charge in [0.15, 0.2) is 0 Å². The van der Waals surface area contributed by atoms with Crippen molar-refractivity contribution < 1.29 is 13.2 Å². The lowest BCUT2D eigenvalue weighted by Crippen LogP contribution is -2.38. The highest BCUT2D eigenvalue weighted by molar-refractivity contribution is 7.89. The van der Waals surface area contributed by atoms with Crippen LogP contribution >= 0.6 is 35.6 Å². The molecule has 1 aliphatic heterocycles. The molecular weight excluding hydrogens is 371 g/mol. The van der Waals surface area contributed by atoms with Crippen LogP contribution < -0.4 is 14.8 Å². The molecule has 1 atom stereocenters. The third kappa shape index (κ3) is 4.88. The summed E-state index contributed by atoms with van der Waals surface area (Å²) in [5, 5.41) is 3.55. The number of halogens is 3. The molecule has 22 heavy (non-hydrogen) atoms. The number of sulfonamides is 1. The van der Waals surface area contributed by atoms with Gasteiger partial charge in [-0.1, -0.05) is 23.2 Å². The average Bonchev–Trinajstić information content (AvgIpc) is 2.48. The molecule has 5 nitrogen and oxygen atoms in total. The predicted molar refractivity (Wildman–Crippen MR) is 91.0 cm³/mol. The lowest BCUT2D eigenvalue weighted by Gasteiger charge is -2.23. The molecule has 1 saturated heterocycles. The molecule has 9 heteroatoms. The maximum atomic E-state index is 12.3. The molecule has 1 heterocycles. The highest BCUT2D eigenvalue weighted by atomic mass is 35.5. The van der Waals surface area contributed by atoms with Crippen LogP contribution in [0.2, 0.25) is 10.0 Å². The van der Waals surface area contributed by atoms with E-state index in [9.17, 15) is 8.42 Å². The first kappa shape index (κ1) is 19.8. The van der Waals surface area contributed by atoms with E-state index in [1.165, 1.54) is 19.2 Å². The molecule has 0 amide bonds. The summed E-state index contributed by atoms with van der Waals surface area (Å²) in [5.74, 6) is 0.637. The number of benzene rings is 1. The molecule has 0 aromatic heterocycles. The molecule has 0 saturated carbocycles. The number of hydrogen-bond acceptors (Lipinski definition) is 4. The maximum absolute atomic E-state index is 12.3. The Hall–Kier alpha value is -0.240. The Balaban J connectivity index is 0.00000242. The molecule has 1 aliphatic rings. The molecular formula is C13H19Cl3N2O3S.